The third-order valence-corrected chi connectivity index (χ3v) is 4.36. The highest BCUT2D eigenvalue weighted by atomic mass is 35.5. The highest BCUT2D eigenvalue weighted by Crippen LogP contribution is 2.48. The zero-order chi connectivity index (χ0) is 16.4. The number of methoxy groups -OCH3 is 1. The molecule has 1 heterocycles. The van der Waals surface area contributed by atoms with Gasteiger partial charge in [0.15, 0.2) is 5.76 Å². The molecule has 122 valence electrons. The molecule has 1 aliphatic carbocycles. The van der Waals surface area contributed by atoms with E-state index in [1.165, 1.54) is 0 Å². The summed E-state index contributed by atoms with van der Waals surface area (Å²) in [6.45, 7) is 2.40. The van der Waals surface area contributed by atoms with Gasteiger partial charge in [0.25, 0.3) is 0 Å². The van der Waals surface area contributed by atoms with Crippen molar-refractivity contribution in [3.05, 3.63) is 41.0 Å². The normalized spacial score (nSPS) is 16.8. The Morgan fingerprint density at radius 2 is 2.13 bits per heavy atom. The Morgan fingerprint density at radius 1 is 1.43 bits per heavy atom. The van der Waals surface area contributed by atoms with E-state index in [-0.39, 0.29) is 11.9 Å². The second-order valence-electron chi connectivity index (χ2n) is 6.00. The van der Waals surface area contributed by atoms with Gasteiger partial charge in [-0.05, 0) is 44.0 Å². The minimum Gasteiger partial charge on any atom is -0.383 e. The van der Waals surface area contributed by atoms with Gasteiger partial charge in [0, 0.05) is 29.8 Å². The van der Waals surface area contributed by atoms with Gasteiger partial charge in [-0.15, -0.1) is 0 Å². The molecule has 1 aromatic heterocycles. The number of nitrogens with zero attached hydrogens (tertiary/aromatic N) is 1. The Balaban J connectivity index is 1.77. The first-order valence-electron chi connectivity index (χ1n) is 7.58. The Morgan fingerprint density at radius 3 is 2.74 bits per heavy atom. The van der Waals surface area contributed by atoms with Crippen LogP contribution in [0.1, 0.15) is 25.5 Å². The predicted octanol–water partition coefficient (Wildman–Crippen LogP) is 3.18. The van der Waals surface area contributed by atoms with Crippen molar-refractivity contribution in [3.8, 4) is 11.3 Å². The molecule has 2 aromatic rings. The molecule has 0 saturated heterocycles. The lowest BCUT2D eigenvalue weighted by atomic mass is 10.00. The fourth-order valence-corrected chi connectivity index (χ4v) is 2.76. The van der Waals surface area contributed by atoms with Crippen molar-refractivity contribution in [1.29, 1.82) is 0 Å². The van der Waals surface area contributed by atoms with E-state index in [9.17, 15) is 4.79 Å². The van der Waals surface area contributed by atoms with E-state index in [0.717, 1.165) is 18.4 Å². The second-order valence-corrected chi connectivity index (χ2v) is 6.43. The number of halogens is 1. The van der Waals surface area contributed by atoms with Crippen LogP contribution in [0.3, 0.4) is 0 Å². The minimum absolute atomic E-state index is 0.0157. The first-order chi connectivity index (χ1) is 11.0. The molecule has 0 bridgehead atoms. The zero-order valence-electron chi connectivity index (χ0n) is 13.1. The topological polar surface area (TPSA) is 64.4 Å². The average Bonchev–Trinajstić information content (AvgIpc) is 3.19. The molecule has 1 aromatic carbocycles. The number of hydrogen-bond donors (Lipinski definition) is 1. The number of carbonyl (C=O) groups excluding carboxylic acids is 1. The molecule has 1 amide bonds. The van der Waals surface area contributed by atoms with Crippen LogP contribution in [0.5, 0.6) is 0 Å². The van der Waals surface area contributed by atoms with Crippen molar-refractivity contribution in [2.24, 2.45) is 0 Å². The quantitative estimate of drug-likeness (QED) is 0.881. The lowest BCUT2D eigenvalue weighted by Gasteiger charge is -2.17. The van der Waals surface area contributed by atoms with E-state index in [2.05, 4.69) is 10.5 Å². The molecule has 6 heteroatoms. The van der Waals surface area contributed by atoms with Crippen LogP contribution < -0.4 is 5.32 Å². The van der Waals surface area contributed by atoms with Gasteiger partial charge >= 0.3 is 0 Å². The monoisotopic (exact) mass is 334 g/mol. The van der Waals surface area contributed by atoms with Gasteiger partial charge in [-0.3, -0.25) is 4.79 Å². The van der Waals surface area contributed by atoms with Gasteiger partial charge < -0.3 is 14.6 Å². The van der Waals surface area contributed by atoms with Crippen molar-refractivity contribution in [3.63, 3.8) is 0 Å². The summed E-state index contributed by atoms with van der Waals surface area (Å²) in [5.41, 5.74) is 1.01. The summed E-state index contributed by atoms with van der Waals surface area (Å²) >= 11 is 5.89. The van der Waals surface area contributed by atoms with Crippen molar-refractivity contribution in [1.82, 2.24) is 10.5 Å². The standard InChI is InChI=1S/C17H19ClN2O3/c1-11(10-22-2)19-16(21)17(7-8-17)15-9-14(23-20-15)12-3-5-13(18)6-4-12/h3-6,9,11H,7-8,10H2,1-2H3,(H,19,21). The Bertz CT molecular complexity index is 692. The molecule has 0 aliphatic heterocycles. The number of hydrogen-bond acceptors (Lipinski definition) is 4. The van der Waals surface area contributed by atoms with Crippen LogP contribution in [0.25, 0.3) is 11.3 Å². The summed E-state index contributed by atoms with van der Waals surface area (Å²) in [7, 11) is 1.62. The van der Waals surface area contributed by atoms with E-state index in [0.29, 0.717) is 23.1 Å². The lowest BCUT2D eigenvalue weighted by Crippen LogP contribution is -2.42. The molecule has 1 saturated carbocycles. The molecule has 5 nitrogen and oxygen atoms in total. The largest absolute Gasteiger partial charge is 0.383 e. The number of ether oxygens (including phenoxy) is 1. The van der Waals surface area contributed by atoms with E-state index in [1.807, 2.05) is 25.1 Å². The summed E-state index contributed by atoms with van der Waals surface area (Å²) in [6.07, 6.45) is 1.57. The van der Waals surface area contributed by atoms with Crippen molar-refractivity contribution in [2.45, 2.75) is 31.2 Å². The van der Waals surface area contributed by atoms with E-state index >= 15 is 0 Å². The number of aromatic nitrogens is 1. The molecule has 0 spiro atoms. The number of nitrogens with one attached hydrogen (secondary N) is 1. The minimum atomic E-state index is -0.559. The number of benzene rings is 1. The van der Waals surface area contributed by atoms with Crippen LogP contribution in [-0.4, -0.2) is 30.8 Å². The van der Waals surface area contributed by atoms with Gasteiger partial charge in [-0.1, -0.05) is 16.8 Å². The molecule has 1 N–H and O–H groups in total. The average molecular weight is 335 g/mol. The van der Waals surface area contributed by atoms with Gasteiger partial charge in [-0.2, -0.15) is 0 Å². The number of carbonyl (C=O) groups is 1. The van der Waals surface area contributed by atoms with Gasteiger partial charge in [0.2, 0.25) is 5.91 Å². The van der Waals surface area contributed by atoms with E-state index in [1.54, 1.807) is 19.2 Å². The smallest absolute Gasteiger partial charge is 0.232 e. The molecule has 1 fully saturated rings. The summed E-state index contributed by atoms with van der Waals surface area (Å²) < 4.78 is 10.5. The van der Waals surface area contributed by atoms with Crippen molar-refractivity contribution < 1.29 is 14.1 Å². The number of amides is 1. The summed E-state index contributed by atoms with van der Waals surface area (Å²) in [5, 5.41) is 7.76. The first-order valence-corrected chi connectivity index (χ1v) is 7.96. The molecule has 1 aliphatic rings. The molecule has 1 unspecified atom stereocenters. The Kier molecular flexibility index (Phi) is 4.41. The second kappa shape index (κ2) is 6.34. The molecular formula is C17H19ClN2O3. The highest BCUT2D eigenvalue weighted by Gasteiger charge is 2.54. The summed E-state index contributed by atoms with van der Waals surface area (Å²) in [6, 6.07) is 9.14. The molecule has 1 atom stereocenters. The van der Waals surface area contributed by atoms with E-state index in [4.69, 9.17) is 20.9 Å². The third kappa shape index (κ3) is 3.26. The highest BCUT2D eigenvalue weighted by molar-refractivity contribution is 6.30. The zero-order valence-corrected chi connectivity index (χ0v) is 13.9. The van der Waals surface area contributed by atoms with Crippen LogP contribution in [0.4, 0.5) is 0 Å². The maximum Gasteiger partial charge on any atom is 0.232 e. The van der Waals surface area contributed by atoms with Crippen LogP contribution in [0.2, 0.25) is 5.02 Å². The third-order valence-electron chi connectivity index (χ3n) is 4.11. The first kappa shape index (κ1) is 16.0. The maximum atomic E-state index is 12.5. The molecular weight excluding hydrogens is 316 g/mol. The Hall–Kier alpha value is -1.85. The fraction of sp³-hybridized carbons (Fsp3) is 0.412. The van der Waals surface area contributed by atoms with Gasteiger partial charge in [-0.25, -0.2) is 0 Å². The SMILES string of the molecule is COCC(C)NC(=O)C1(c2cc(-c3ccc(Cl)cc3)on2)CC1. The predicted molar refractivity (Wildman–Crippen MR) is 87.3 cm³/mol. The van der Waals surface area contributed by atoms with E-state index < -0.39 is 5.41 Å². The number of rotatable bonds is 6. The van der Waals surface area contributed by atoms with Crippen molar-refractivity contribution in [2.75, 3.05) is 13.7 Å². The molecule has 23 heavy (non-hydrogen) atoms. The van der Waals surface area contributed by atoms with Gasteiger partial charge in [0.05, 0.1) is 17.7 Å². The fourth-order valence-electron chi connectivity index (χ4n) is 2.63. The van der Waals surface area contributed by atoms with Crippen LogP contribution >= 0.6 is 11.6 Å². The van der Waals surface area contributed by atoms with Crippen molar-refractivity contribution >= 4 is 17.5 Å². The van der Waals surface area contributed by atoms with Crippen LogP contribution in [-0.2, 0) is 14.9 Å². The summed E-state index contributed by atoms with van der Waals surface area (Å²) in [5.74, 6) is 0.624. The van der Waals surface area contributed by atoms with Crippen LogP contribution in [0.15, 0.2) is 34.9 Å². The molecule has 0 radical (unpaired) electrons. The maximum absolute atomic E-state index is 12.5. The van der Waals surface area contributed by atoms with Gasteiger partial charge in [0.1, 0.15) is 0 Å². The molecule has 3 rings (SSSR count). The van der Waals surface area contributed by atoms with Crippen LogP contribution in [0, 0.1) is 0 Å². The lowest BCUT2D eigenvalue weighted by molar-refractivity contribution is -0.124. The summed E-state index contributed by atoms with van der Waals surface area (Å²) in [4.78, 5) is 12.5. The Labute approximate surface area is 139 Å².